The Balaban J connectivity index is 1.37. The molecule has 37 heavy (non-hydrogen) atoms. The summed E-state index contributed by atoms with van der Waals surface area (Å²) in [5, 5.41) is 11.9. The number of rotatable bonds is 4. The van der Waals surface area contributed by atoms with Gasteiger partial charge in [-0.2, -0.15) is 13.2 Å². The van der Waals surface area contributed by atoms with E-state index < -0.39 is 29.9 Å². The normalized spacial score (nSPS) is 19.5. The van der Waals surface area contributed by atoms with Crippen LogP contribution in [0, 0.1) is 6.92 Å². The van der Waals surface area contributed by atoms with E-state index in [1.165, 1.54) is 11.0 Å². The van der Waals surface area contributed by atoms with Gasteiger partial charge in [0.1, 0.15) is 17.6 Å². The first kappa shape index (κ1) is 25.1. The van der Waals surface area contributed by atoms with E-state index in [9.17, 15) is 22.8 Å². The second-order valence-electron chi connectivity index (χ2n) is 9.09. The predicted octanol–water partition coefficient (Wildman–Crippen LogP) is 4.86. The van der Waals surface area contributed by atoms with Crippen LogP contribution >= 0.6 is 11.6 Å². The molecular weight excluding hydrogens is 511 g/mol. The van der Waals surface area contributed by atoms with Crippen molar-refractivity contribution in [2.45, 2.75) is 44.6 Å². The summed E-state index contributed by atoms with van der Waals surface area (Å²) < 4.78 is 46.6. The lowest BCUT2D eigenvalue weighted by Gasteiger charge is -2.30. The first-order valence-electron chi connectivity index (χ1n) is 11.7. The van der Waals surface area contributed by atoms with Crippen molar-refractivity contribution >= 4 is 23.4 Å². The second-order valence-corrected chi connectivity index (χ2v) is 9.53. The molecule has 0 spiro atoms. The molecule has 0 saturated carbocycles. The molecule has 1 saturated heterocycles. The number of aromatic nitrogens is 3. The SMILES string of the molecule is Cc1nnc([C@H]2CC(=O)CN2C(=O)N[C@H]2CCOc3cc(C(F)(F)F)ccc32)n1Cc1ccc(Cl)cc1. The van der Waals surface area contributed by atoms with Crippen molar-refractivity contribution in [1.82, 2.24) is 25.0 Å². The van der Waals surface area contributed by atoms with Gasteiger partial charge in [-0.3, -0.25) is 4.79 Å². The Morgan fingerprint density at radius 2 is 1.95 bits per heavy atom. The van der Waals surface area contributed by atoms with Gasteiger partial charge in [-0.05, 0) is 36.8 Å². The lowest BCUT2D eigenvalue weighted by atomic mass is 9.98. The number of fused-ring (bicyclic) bond motifs is 1. The summed E-state index contributed by atoms with van der Waals surface area (Å²) in [7, 11) is 0. The van der Waals surface area contributed by atoms with Gasteiger partial charge < -0.3 is 19.5 Å². The first-order valence-corrected chi connectivity index (χ1v) is 12.0. The zero-order valence-electron chi connectivity index (χ0n) is 19.8. The highest BCUT2D eigenvalue weighted by atomic mass is 35.5. The Bertz CT molecular complexity index is 1340. The van der Waals surface area contributed by atoms with Gasteiger partial charge in [0.05, 0.1) is 31.3 Å². The monoisotopic (exact) mass is 533 g/mol. The van der Waals surface area contributed by atoms with E-state index in [0.717, 1.165) is 17.7 Å². The molecule has 8 nitrogen and oxygen atoms in total. The molecule has 0 bridgehead atoms. The zero-order chi connectivity index (χ0) is 26.3. The van der Waals surface area contributed by atoms with Gasteiger partial charge in [-0.25, -0.2) is 4.79 Å². The van der Waals surface area contributed by atoms with Crippen LogP contribution in [-0.4, -0.2) is 44.6 Å². The number of benzene rings is 2. The molecule has 0 unspecified atom stereocenters. The maximum Gasteiger partial charge on any atom is 0.416 e. The molecule has 12 heteroatoms. The Morgan fingerprint density at radius 1 is 1.19 bits per heavy atom. The van der Waals surface area contributed by atoms with Crippen LogP contribution in [0.1, 0.15) is 53.3 Å². The second kappa shape index (κ2) is 9.70. The topological polar surface area (TPSA) is 89.3 Å². The third-order valence-electron chi connectivity index (χ3n) is 6.60. The lowest BCUT2D eigenvalue weighted by Crippen LogP contribution is -2.43. The molecule has 2 atom stereocenters. The molecule has 2 aliphatic rings. The van der Waals surface area contributed by atoms with Crippen molar-refractivity contribution in [2.75, 3.05) is 13.2 Å². The third kappa shape index (κ3) is 5.13. The Morgan fingerprint density at radius 3 is 2.68 bits per heavy atom. The number of aryl methyl sites for hydroxylation is 1. The van der Waals surface area contributed by atoms with Crippen molar-refractivity contribution in [3.63, 3.8) is 0 Å². The average Bonchev–Trinajstić information content (AvgIpc) is 3.42. The summed E-state index contributed by atoms with van der Waals surface area (Å²) >= 11 is 5.99. The Labute approximate surface area is 215 Å². The molecular formula is C25H23ClF3N5O3. The number of likely N-dealkylation sites (tertiary alicyclic amines) is 1. The highest BCUT2D eigenvalue weighted by molar-refractivity contribution is 6.30. The predicted molar refractivity (Wildman–Crippen MR) is 127 cm³/mol. The largest absolute Gasteiger partial charge is 0.493 e. The van der Waals surface area contributed by atoms with Crippen molar-refractivity contribution in [1.29, 1.82) is 0 Å². The van der Waals surface area contributed by atoms with E-state index in [4.69, 9.17) is 16.3 Å². The van der Waals surface area contributed by atoms with Gasteiger partial charge >= 0.3 is 12.2 Å². The van der Waals surface area contributed by atoms with Gasteiger partial charge in [-0.15, -0.1) is 10.2 Å². The maximum absolute atomic E-state index is 13.4. The number of nitrogens with one attached hydrogen (secondary N) is 1. The third-order valence-corrected chi connectivity index (χ3v) is 6.85. The Kier molecular flexibility index (Phi) is 6.57. The van der Waals surface area contributed by atoms with Crippen LogP contribution in [0.3, 0.4) is 0 Å². The molecule has 1 fully saturated rings. The number of ketones is 1. The summed E-state index contributed by atoms with van der Waals surface area (Å²) in [5.41, 5.74) is 0.584. The minimum absolute atomic E-state index is 0.0822. The van der Waals surface area contributed by atoms with E-state index in [2.05, 4.69) is 15.5 Å². The van der Waals surface area contributed by atoms with Crippen molar-refractivity contribution < 1.29 is 27.5 Å². The minimum Gasteiger partial charge on any atom is -0.493 e. The number of nitrogens with zero attached hydrogens (tertiary/aromatic N) is 4. The van der Waals surface area contributed by atoms with E-state index in [1.807, 2.05) is 16.7 Å². The van der Waals surface area contributed by atoms with Crippen LogP contribution in [0.2, 0.25) is 5.02 Å². The van der Waals surface area contributed by atoms with E-state index in [-0.39, 0.29) is 31.1 Å². The summed E-state index contributed by atoms with van der Waals surface area (Å²) in [6, 6.07) is 8.83. The molecule has 2 aliphatic heterocycles. The number of carbonyl (C=O) groups is 2. The molecule has 2 amide bonds. The molecule has 3 aromatic rings. The fourth-order valence-corrected chi connectivity index (χ4v) is 4.82. The molecule has 1 aromatic heterocycles. The first-order chi connectivity index (χ1) is 17.6. The van der Waals surface area contributed by atoms with Crippen LogP contribution in [0.4, 0.5) is 18.0 Å². The number of hydrogen-bond donors (Lipinski definition) is 1. The zero-order valence-corrected chi connectivity index (χ0v) is 20.5. The molecule has 194 valence electrons. The molecule has 1 N–H and O–H groups in total. The van der Waals surface area contributed by atoms with Gasteiger partial charge in [-0.1, -0.05) is 29.8 Å². The van der Waals surface area contributed by atoms with E-state index >= 15 is 0 Å². The van der Waals surface area contributed by atoms with E-state index in [0.29, 0.717) is 35.2 Å². The average molecular weight is 534 g/mol. The summed E-state index contributed by atoms with van der Waals surface area (Å²) in [6.45, 7) is 2.27. The number of urea groups is 1. The quantitative estimate of drug-likeness (QED) is 0.517. The summed E-state index contributed by atoms with van der Waals surface area (Å²) in [4.78, 5) is 27.2. The number of alkyl halides is 3. The van der Waals surface area contributed by atoms with Gasteiger partial charge in [0.2, 0.25) is 0 Å². The number of ether oxygens (including phenoxy) is 1. The van der Waals surface area contributed by atoms with Crippen LogP contribution in [0.5, 0.6) is 5.75 Å². The summed E-state index contributed by atoms with van der Waals surface area (Å²) in [5.74, 6) is 1.07. The molecule has 0 radical (unpaired) electrons. The van der Waals surface area contributed by atoms with Gasteiger partial charge in [0.15, 0.2) is 11.6 Å². The minimum atomic E-state index is -4.50. The van der Waals surface area contributed by atoms with Crippen molar-refractivity contribution in [2.24, 2.45) is 0 Å². The van der Waals surface area contributed by atoms with Crippen molar-refractivity contribution in [3.05, 3.63) is 75.8 Å². The number of halogens is 4. The van der Waals surface area contributed by atoms with Crippen LogP contribution in [-0.2, 0) is 17.5 Å². The van der Waals surface area contributed by atoms with Crippen molar-refractivity contribution in [3.8, 4) is 5.75 Å². The maximum atomic E-state index is 13.4. The molecule has 5 rings (SSSR count). The lowest BCUT2D eigenvalue weighted by molar-refractivity contribution is -0.137. The number of Topliss-reactive ketones (excluding diaryl/α,β-unsaturated/α-hetero) is 1. The molecule has 2 aromatic carbocycles. The fraction of sp³-hybridized carbons (Fsp3) is 0.360. The van der Waals surface area contributed by atoms with Crippen LogP contribution < -0.4 is 10.1 Å². The highest BCUT2D eigenvalue weighted by Gasteiger charge is 2.40. The fourth-order valence-electron chi connectivity index (χ4n) is 4.69. The van der Waals surface area contributed by atoms with Gasteiger partial charge in [0.25, 0.3) is 0 Å². The van der Waals surface area contributed by atoms with Crippen LogP contribution in [0.25, 0.3) is 0 Å². The standard InChI is InChI=1S/C25H23ClF3N5O3/c1-14-31-32-23(33(14)12-15-2-5-17(26)6-3-15)21-11-18(35)13-34(21)24(36)30-20-8-9-37-22-10-16(25(27,28)29)4-7-19(20)22/h2-7,10,20-21H,8-9,11-13H2,1H3,(H,30,36)/t20-,21+/m0/s1. The molecule has 3 heterocycles. The highest BCUT2D eigenvalue weighted by Crippen LogP contribution is 2.38. The molecule has 0 aliphatic carbocycles. The Hall–Kier alpha value is -3.60. The number of carbonyl (C=O) groups excluding carboxylic acids is 2. The smallest absolute Gasteiger partial charge is 0.416 e. The van der Waals surface area contributed by atoms with E-state index in [1.54, 1.807) is 19.1 Å². The van der Waals surface area contributed by atoms with Gasteiger partial charge in [0, 0.05) is 23.4 Å². The number of amides is 2. The summed E-state index contributed by atoms with van der Waals surface area (Å²) in [6.07, 6.45) is -4.04. The van der Waals surface area contributed by atoms with Crippen LogP contribution in [0.15, 0.2) is 42.5 Å². The number of hydrogen-bond acceptors (Lipinski definition) is 5.